The second kappa shape index (κ2) is 10.9. The van der Waals surface area contributed by atoms with Crippen molar-refractivity contribution in [2.75, 3.05) is 22.8 Å². The Kier molecular flexibility index (Phi) is 8.02. The van der Waals surface area contributed by atoms with Gasteiger partial charge in [0.05, 0.1) is 17.2 Å². The molecule has 0 atom stereocenters. The fraction of sp³-hybridized carbons (Fsp3) is 0.167. The summed E-state index contributed by atoms with van der Waals surface area (Å²) in [6, 6.07) is 21.8. The first-order valence-electron chi connectivity index (χ1n) is 10.4. The molecule has 0 saturated heterocycles. The Balaban J connectivity index is 1.65. The monoisotopic (exact) mass is 483 g/mol. The van der Waals surface area contributed by atoms with Gasteiger partial charge in [0, 0.05) is 17.8 Å². The number of carbonyl (C=O) groups is 1. The Bertz CT molecular complexity index is 1200. The van der Waals surface area contributed by atoms with Gasteiger partial charge in [-0.15, -0.1) is 0 Å². The van der Waals surface area contributed by atoms with E-state index in [0.29, 0.717) is 35.8 Å². The second-order valence-corrected chi connectivity index (χ2v) is 9.17. The van der Waals surface area contributed by atoms with Crippen LogP contribution in [-0.2, 0) is 10.0 Å². The average molecular weight is 484 g/mol. The van der Waals surface area contributed by atoms with Crippen LogP contribution in [0.15, 0.2) is 83.8 Å². The van der Waals surface area contributed by atoms with Gasteiger partial charge < -0.3 is 10.1 Å². The Hall–Kier alpha value is -3.43. The first kappa shape index (κ1) is 24.2. The highest BCUT2D eigenvalue weighted by Gasteiger charge is 2.23. The molecule has 33 heavy (non-hydrogen) atoms. The molecule has 172 valence electrons. The number of rotatable bonds is 8. The molecule has 3 aromatic rings. The van der Waals surface area contributed by atoms with Crippen molar-refractivity contribution in [2.24, 2.45) is 0 Å². The molecule has 0 radical (unpaired) electrons. The van der Waals surface area contributed by atoms with Gasteiger partial charge in [0.25, 0.3) is 15.9 Å². The number of amides is 1. The van der Waals surface area contributed by atoms with Crippen molar-refractivity contribution < 1.29 is 17.9 Å². The summed E-state index contributed by atoms with van der Waals surface area (Å²) in [6.45, 7) is 4.51. The maximum Gasteiger partial charge on any atom is 0.264 e. The van der Waals surface area contributed by atoms with Gasteiger partial charge in [-0.3, -0.25) is 14.4 Å². The molecule has 0 heterocycles. The fourth-order valence-corrected chi connectivity index (χ4v) is 4.81. The molecule has 0 aliphatic carbocycles. The molecular formula is C24H25N3O4S2. The molecule has 0 fully saturated rings. The van der Waals surface area contributed by atoms with Crippen molar-refractivity contribution in [3.63, 3.8) is 0 Å². The van der Waals surface area contributed by atoms with Crippen molar-refractivity contribution in [1.82, 2.24) is 5.32 Å². The Labute approximate surface area is 199 Å². The third-order valence-corrected chi connectivity index (χ3v) is 6.81. The zero-order valence-electron chi connectivity index (χ0n) is 18.3. The summed E-state index contributed by atoms with van der Waals surface area (Å²) in [4.78, 5) is 12.5. The minimum absolute atomic E-state index is 0.101. The van der Waals surface area contributed by atoms with Gasteiger partial charge in [-0.1, -0.05) is 18.2 Å². The first-order chi connectivity index (χ1) is 15.8. The summed E-state index contributed by atoms with van der Waals surface area (Å²) in [5.74, 6) is 0.315. The standard InChI is InChI=1S/C24H25N3O4S2/c1-3-27(20-8-6-5-7-9-20)33(29,30)22-16-12-19(13-17-22)25-24(32)26-23(28)18-10-14-21(15-11-18)31-4-2/h5-17H,3-4H2,1-2H3,(H2,25,26,28,32). The third-order valence-electron chi connectivity index (χ3n) is 4.69. The number of hydrogen-bond acceptors (Lipinski definition) is 5. The number of nitrogens with zero attached hydrogens (tertiary/aromatic N) is 1. The van der Waals surface area contributed by atoms with E-state index in [1.165, 1.54) is 16.4 Å². The van der Waals surface area contributed by atoms with E-state index in [0.717, 1.165) is 0 Å². The van der Waals surface area contributed by atoms with Gasteiger partial charge >= 0.3 is 0 Å². The lowest BCUT2D eigenvalue weighted by molar-refractivity contribution is 0.0977. The van der Waals surface area contributed by atoms with Crippen LogP contribution in [0.5, 0.6) is 5.75 Å². The van der Waals surface area contributed by atoms with Crippen LogP contribution in [0, 0.1) is 0 Å². The van der Waals surface area contributed by atoms with Crippen molar-refractivity contribution >= 4 is 44.6 Å². The highest BCUT2D eigenvalue weighted by atomic mass is 32.2. The molecular weight excluding hydrogens is 458 g/mol. The Morgan fingerprint density at radius 2 is 1.58 bits per heavy atom. The number of anilines is 2. The lowest BCUT2D eigenvalue weighted by Gasteiger charge is -2.23. The molecule has 0 unspecified atom stereocenters. The third kappa shape index (κ3) is 6.09. The topological polar surface area (TPSA) is 87.7 Å². The maximum absolute atomic E-state index is 13.1. The number of nitrogens with one attached hydrogen (secondary N) is 2. The zero-order chi connectivity index (χ0) is 23.8. The van der Waals surface area contributed by atoms with Gasteiger partial charge in [0.2, 0.25) is 0 Å². The van der Waals surface area contributed by atoms with E-state index in [1.807, 2.05) is 13.0 Å². The normalized spacial score (nSPS) is 10.8. The van der Waals surface area contributed by atoms with Gasteiger partial charge in [-0.05, 0) is 86.7 Å². The van der Waals surface area contributed by atoms with Gasteiger partial charge in [0.15, 0.2) is 5.11 Å². The number of ether oxygens (including phenoxy) is 1. The van der Waals surface area contributed by atoms with Crippen molar-refractivity contribution in [3.8, 4) is 5.75 Å². The molecule has 7 nitrogen and oxygen atoms in total. The van der Waals surface area contributed by atoms with E-state index < -0.39 is 10.0 Å². The number of benzene rings is 3. The fourth-order valence-electron chi connectivity index (χ4n) is 3.13. The van der Waals surface area contributed by atoms with Crippen molar-refractivity contribution in [2.45, 2.75) is 18.7 Å². The number of sulfonamides is 1. The zero-order valence-corrected chi connectivity index (χ0v) is 19.9. The van der Waals surface area contributed by atoms with E-state index in [9.17, 15) is 13.2 Å². The largest absolute Gasteiger partial charge is 0.494 e. The average Bonchev–Trinajstić information content (AvgIpc) is 2.81. The molecule has 0 bridgehead atoms. The predicted octanol–water partition coefficient (Wildman–Crippen LogP) is 4.43. The van der Waals surface area contributed by atoms with Crippen LogP contribution in [0.25, 0.3) is 0 Å². The highest BCUT2D eigenvalue weighted by Crippen LogP contribution is 2.24. The number of carbonyl (C=O) groups excluding carboxylic acids is 1. The van der Waals surface area contributed by atoms with Crippen LogP contribution in [-0.4, -0.2) is 32.6 Å². The van der Waals surface area contributed by atoms with Crippen molar-refractivity contribution in [3.05, 3.63) is 84.4 Å². The highest BCUT2D eigenvalue weighted by molar-refractivity contribution is 7.92. The summed E-state index contributed by atoms with van der Waals surface area (Å²) < 4.78 is 32.9. The SMILES string of the molecule is CCOc1ccc(C(=O)NC(=S)Nc2ccc(S(=O)(=O)N(CC)c3ccccc3)cc2)cc1. The molecule has 0 saturated carbocycles. The predicted molar refractivity (Wildman–Crippen MR) is 134 cm³/mol. The van der Waals surface area contributed by atoms with Gasteiger partial charge in [0.1, 0.15) is 5.75 Å². The minimum Gasteiger partial charge on any atom is -0.494 e. The summed E-state index contributed by atoms with van der Waals surface area (Å²) in [5.41, 5.74) is 1.58. The van der Waals surface area contributed by atoms with Crippen LogP contribution >= 0.6 is 12.2 Å². The van der Waals surface area contributed by atoms with Crippen LogP contribution < -0.4 is 19.7 Å². The Morgan fingerprint density at radius 3 is 2.15 bits per heavy atom. The van der Waals surface area contributed by atoms with E-state index in [1.54, 1.807) is 67.6 Å². The van der Waals surface area contributed by atoms with E-state index in [-0.39, 0.29) is 15.9 Å². The summed E-state index contributed by atoms with van der Waals surface area (Å²) >= 11 is 5.22. The molecule has 3 aromatic carbocycles. The molecule has 3 rings (SSSR count). The van der Waals surface area contributed by atoms with Gasteiger partial charge in [-0.2, -0.15) is 0 Å². The summed E-state index contributed by atoms with van der Waals surface area (Å²) in [7, 11) is -3.72. The minimum atomic E-state index is -3.72. The quantitative estimate of drug-likeness (QED) is 0.461. The summed E-state index contributed by atoms with van der Waals surface area (Å²) in [5, 5.41) is 5.60. The molecule has 9 heteroatoms. The summed E-state index contributed by atoms with van der Waals surface area (Å²) in [6.07, 6.45) is 0. The number of para-hydroxylation sites is 1. The molecule has 2 N–H and O–H groups in total. The van der Waals surface area contributed by atoms with Crippen LogP contribution in [0.2, 0.25) is 0 Å². The lowest BCUT2D eigenvalue weighted by Crippen LogP contribution is -2.34. The smallest absolute Gasteiger partial charge is 0.264 e. The first-order valence-corrected chi connectivity index (χ1v) is 12.2. The molecule has 0 aliphatic rings. The van der Waals surface area contributed by atoms with E-state index in [2.05, 4.69) is 10.6 Å². The van der Waals surface area contributed by atoms with Crippen LogP contribution in [0.3, 0.4) is 0 Å². The van der Waals surface area contributed by atoms with Gasteiger partial charge in [-0.25, -0.2) is 8.42 Å². The van der Waals surface area contributed by atoms with E-state index >= 15 is 0 Å². The molecule has 0 spiro atoms. The lowest BCUT2D eigenvalue weighted by atomic mass is 10.2. The maximum atomic E-state index is 13.1. The number of thiocarbonyl (C=S) groups is 1. The Morgan fingerprint density at radius 1 is 0.939 bits per heavy atom. The molecule has 0 aliphatic heterocycles. The molecule has 0 aromatic heterocycles. The van der Waals surface area contributed by atoms with Crippen LogP contribution in [0.4, 0.5) is 11.4 Å². The molecule has 1 amide bonds. The van der Waals surface area contributed by atoms with Crippen LogP contribution in [0.1, 0.15) is 24.2 Å². The number of hydrogen-bond donors (Lipinski definition) is 2. The van der Waals surface area contributed by atoms with Crippen molar-refractivity contribution in [1.29, 1.82) is 0 Å². The van der Waals surface area contributed by atoms with E-state index in [4.69, 9.17) is 17.0 Å². The second-order valence-electron chi connectivity index (χ2n) is 6.90.